The normalized spacial score (nSPS) is 8.57. The molecule has 0 unspecified atom stereocenters. The van der Waals surface area contributed by atoms with Crippen molar-refractivity contribution in [1.29, 1.82) is 0 Å². The Hall–Kier alpha value is -1.01. The molecule has 14 heavy (non-hydrogen) atoms. The third-order valence-corrected chi connectivity index (χ3v) is 1.88. The summed E-state index contributed by atoms with van der Waals surface area (Å²) in [4.78, 5) is 0. The van der Waals surface area contributed by atoms with Gasteiger partial charge in [0.1, 0.15) is 0 Å². The number of allylic oxidation sites excluding steroid dienone is 1. The van der Waals surface area contributed by atoms with E-state index in [0.717, 1.165) is 16.7 Å². The lowest BCUT2D eigenvalue weighted by Gasteiger charge is -2.06. The van der Waals surface area contributed by atoms with E-state index < -0.39 is 0 Å². The Morgan fingerprint density at radius 3 is 1.79 bits per heavy atom. The summed E-state index contributed by atoms with van der Waals surface area (Å²) in [6.07, 6.45) is 0. The van der Waals surface area contributed by atoms with Gasteiger partial charge in [-0.3, -0.25) is 0 Å². The van der Waals surface area contributed by atoms with Crippen molar-refractivity contribution >= 4 is 22.2 Å². The first-order chi connectivity index (χ1) is 6.63. The number of hydrogen-bond acceptors (Lipinski definition) is 0. The first-order valence-electron chi connectivity index (χ1n) is 4.72. The molecule has 76 valence electrons. The Balaban J connectivity index is 0.000000791. The first-order valence-corrected chi connectivity index (χ1v) is 5.10. The molecule has 0 saturated carbocycles. The topological polar surface area (TPSA) is 0 Å². The number of hydrogen-bond donors (Lipinski definition) is 0. The molecule has 1 rings (SSSR count). The minimum atomic E-state index is 0.564. The monoisotopic (exact) mass is 208 g/mol. The summed E-state index contributed by atoms with van der Waals surface area (Å²) in [5, 5.41) is 0.564. The Labute approximate surface area is 91.9 Å². The lowest BCUT2D eigenvalue weighted by Crippen LogP contribution is -1.85. The predicted octanol–water partition coefficient (Wildman–Crippen LogP) is 4.96. The highest BCUT2D eigenvalue weighted by Crippen LogP contribution is 2.25. The van der Waals surface area contributed by atoms with Crippen LogP contribution >= 0.6 is 11.6 Å². The lowest BCUT2D eigenvalue weighted by molar-refractivity contribution is 1.50. The van der Waals surface area contributed by atoms with E-state index in [1.807, 2.05) is 45.0 Å². The molecule has 0 aliphatic heterocycles. The molecule has 0 aromatic heterocycles. The summed E-state index contributed by atoms with van der Waals surface area (Å²) in [5.41, 5.74) is 3.04. The van der Waals surface area contributed by atoms with Crippen LogP contribution in [0.2, 0.25) is 0 Å². The molecule has 0 saturated heterocycles. The highest BCUT2D eigenvalue weighted by molar-refractivity contribution is 6.48. The van der Waals surface area contributed by atoms with E-state index in [9.17, 15) is 0 Å². The van der Waals surface area contributed by atoms with Crippen molar-refractivity contribution in [3.8, 4) is 0 Å². The maximum atomic E-state index is 5.82. The summed E-state index contributed by atoms with van der Waals surface area (Å²) >= 11 is 5.82. The van der Waals surface area contributed by atoms with Crippen LogP contribution in [0.5, 0.6) is 0 Å². The van der Waals surface area contributed by atoms with Crippen LogP contribution in [0, 0.1) is 0 Å². The second-order valence-corrected chi connectivity index (χ2v) is 3.19. The van der Waals surface area contributed by atoms with Crippen LogP contribution in [0.1, 0.15) is 31.9 Å². The highest BCUT2D eigenvalue weighted by Gasteiger charge is 2.02. The van der Waals surface area contributed by atoms with Crippen LogP contribution in [0.25, 0.3) is 10.6 Å². The molecule has 1 aromatic carbocycles. The van der Waals surface area contributed by atoms with E-state index >= 15 is 0 Å². The maximum Gasteiger partial charge on any atom is 0.0412 e. The molecule has 0 atom stereocenters. The molecule has 1 heteroatoms. The molecular formula is C13H17Cl. The third-order valence-electron chi connectivity index (χ3n) is 1.68. The Morgan fingerprint density at radius 1 is 1.07 bits per heavy atom. The van der Waals surface area contributed by atoms with Gasteiger partial charge in [-0.2, -0.15) is 0 Å². The van der Waals surface area contributed by atoms with Crippen LogP contribution in [-0.2, 0) is 0 Å². The van der Waals surface area contributed by atoms with Crippen molar-refractivity contribution in [2.75, 3.05) is 0 Å². The second-order valence-electron chi connectivity index (χ2n) is 2.73. The van der Waals surface area contributed by atoms with Gasteiger partial charge in [0.15, 0.2) is 0 Å². The van der Waals surface area contributed by atoms with Gasteiger partial charge in [-0.15, -0.1) is 0 Å². The number of benzene rings is 1. The van der Waals surface area contributed by atoms with E-state index in [2.05, 4.69) is 13.2 Å². The zero-order chi connectivity index (χ0) is 11.1. The minimum absolute atomic E-state index is 0.564. The van der Waals surface area contributed by atoms with E-state index in [1.54, 1.807) is 0 Å². The van der Waals surface area contributed by atoms with Crippen molar-refractivity contribution in [2.24, 2.45) is 0 Å². The van der Waals surface area contributed by atoms with Crippen molar-refractivity contribution in [3.63, 3.8) is 0 Å². The quantitative estimate of drug-likeness (QED) is 0.645. The molecule has 1 aromatic rings. The van der Waals surface area contributed by atoms with Crippen molar-refractivity contribution in [1.82, 2.24) is 0 Å². The van der Waals surface area contributed by atoms with Gasteiger partial charge in [0, 0.05) is 5.03 Å². The van der Waals surface area contributed by atoms with Crippen LogP contribution in [-0.4, -0.2) is 0 Å². The Bertz CT molecular complexity index is 291. The second kappa shape index (κ2) is 6.44. The molecule has 0 N–H and O–H groups in total. The molecule has 0 aliphatic rings. The van der Waals surface area contributed by atoms with Gasteiger partial charge in [0.2, 0.25) is 0 Å². The molecule has 0 nitrogen and oxygen atoms in total. The zero-order valence-electron chi connectivity index (χ0n) is 9.10. The molecule has 0 fully saturated rings. The molecule has 0 spiro atoms. The summed E-state index contributed by atoms with van der Waals surface area (Å²) < 4.78 is 0. The van der Waals surface area contributed by atoms with Crippen molar-refractivity contribution in [3.05, 3.63) is 48.6 Å². The van der Waals surface area contributed by atoms with E-state index in [0.29, 0.717) is 5.03 Å². The van der Waals surface area contributed by atoms with Gasteiger partial charge in [0.25, 0.3) is 0 Å². The van der Waals surface area contributed by atoms with E-state index in [1.165, 1.54) is 0 Å². The van der Waals surface area contributed by atoms with Crippen LogP contribution < -0.4 is 0 Å². The van der Waals surface area contributed by atoms with Gasteiger partial charge >= 0.3 is 0 Å². The van der Waals surface area contributed by atoms with Gasteiger partial charge in [-0.05, 0) is 18.1 Å². The Morgan fingerprint density at radius 2 is 1.50 bits per heavy atom. The summed E-state index contributed by atoms with van der Waals surface area (Å²) in [5.74, 6) is 0. The summed E-state index contributed by atoms with van der Waals surface area (Å²) in [7, 11) is 0. The average Bonchev–Trinajstić information content (AvgIpc) is 2.20. The fourth-order valence-electron chi connectivity index (χ4n) is 1.09. The van der Waals surface area contributed by atoms with Crippen LogP contribution in [0.3, 0.4) is 0 Å². The van der Waals surface area contributed by atoms with E-state index in [-0.39, 0.29) is 0 Å². The van der Waals surface area contributed by atoms with Gasteiger partial charge in [0.05, 0.1) is 0 Å². The van der Waals surface area contributed by atoms with Crippen LogP contribution in [0.15, 0.2) is 37.4 Å². The fourth-order valence-corrected chi connectivity index (χ4v) is 1.26. The summed E-state index contributed by atoms with van der Waals surface area (Å²) in [6, 6.07) is 7.84. The number of rotatable bonds is 2. The molecule has 0 heterocycles. The predicted molar refractivity (Wildman–Crippen MR) is 67.4 cm³/mol. The minimum Gasteiger partial charge on any atom is -0.0955 e. The summed E-state index contributed by atoms with van der Waals surface area (Å²) in [6.45, 7) is 13.5. The average molecular weight is 209 g/mol. The number of halogens is 1. The molecule has 0 radical (unpaired) electrons. The van der Waals surface area contributed by atoms with Crippen molar-refractivity contribution < 1.29 is 0 Å². The molecule has 0 amide bonds. The molecule has 0 bridgehead atoms. The zero-order valence-corrected chi connectivity index (χ0v) is 9.86. The lowest BCUT2D eigenvalue weighted by atomic mass is 10.0. The van der Waals surface area contributed by atoms with Crippen molar-refractivity contribution in [2.45, 2.75) is 20.8 Å². The van der Waals surface area contributed by atoms with Gasteiger partial charge in [-0.25, -0.2) is 0 Å². The van der Waals surface area contributed by atoms with Crippen LogP contribution in [0.4, 0.5) is 0 Å². The van der Waals surface area contributed by atoms with Gasteiger partial charge < -0.3 is 0 Å². The fraction of sp³-hybridized carbons (Fsp3) is 0.231. The third kappa shape index (κ3) is 3.39. The molecule has 0 aliphatic carbocycles. The maximum absolute atomic E-state index is 5.82. The largest absolute Gasteiger partial charge is 0.0955 e. The molecular weight excluding hydrogens is 192 g/mol. The smallest absolute Gasteiger partial charge is 0.0412 e. The van der Waals surface area contributed by atoms with E-state index in [4.69, 9.17) is 11.6 Å². The Kier molecular flexibility index (Phi) is 5.98. The standard InChI is InChI=1S/C11H11Cl.C2H6/c1-8(2)10-6-4-5-7-11(10)9(3)12;1-2/h4-7H,1,3H2,2H3;1-2H3. The first kappa shape index (κ1) is 13.0. The van der Waals surface area contributed by atoms with Gasteiger partial charge in [-0.1, -0.05) is 68.4 Å². The highest BCUT2D eigenvalue weighted by atomic mass is 35.5. The SMILES string of the molecule is C=C(C)c1ccccc1C(=C)Cl.CC.